The van der Waals surface area contributed by atoms with Crippen molar-refractivity contribution in [3.8, 4) is 44.5 Å². The second-order valence-corrected chi connectivity index (χ2v) is 23.1. The molecule has 0 N–H and O–H groups in total. The molecule has 360 valence electrons. The Morgan fingerprint density at radius 2 is 0.623 bits per heavy atom. The molecule has 0 atom stereocenters. The van der Waals surface area contributed by atoms with Crippen molar-refractivity contribution in [3.05, 3.63) is 305 Å². The van der Waals surface area contributed by atoms with Gasteiger partial charge in [-0.05, 0) is 204 Å². The van der Waals surface area contributed by atoms with Crippen molar-refractivity contribution in [1.29, 1.82) is 0 Å². The van der Waals surface area contributed by atoms with E-state index < -0.39 is 10.8 Å². The quantitative estimate of drug-likeness (QED) is 0.171. The minimum Gasteiger partial charge on any atom is -0.310 e. The summed E-state index contributed by atoms with van der Waals surface area (Å²) in [6, 6.07) is 97.7. The molecule has 4 aliphatic carbocycles. The summed E-state index contributed by atoms with van der Waals surface area (Å²) in [5.74, 6) is 0. The van der Waals surface area contributed by atoms with Crippen LogP contribution < -0.4 is 4.90 Å². The lowest BCUT2D eigenvalue weighted by Crippen LogP contribution is -2.25. The highest BCUT2D eigenvalue weighted by atomic mass is 15.1. The Kier molecular flexibility index (Phi) is 8.48. The van der Waals surface area contributed by atoms with Crippen LogP contribution in [0, 0.1) is 0 Å². The Bertz CT molecular complexity index is 4370. The van der Waals surface area contributed by atoms with E-state index in [-0.39, 0.29) is 5.41 Å². The van der Waals surface area contributed by atoms with Crippen LogP contribution in [0.3, 0.4) is 0 Å². The smallest absolute Gasteiger partial charge is 0.0725 e. The highest BCUT2D eigenvalue weighted by Crippen LogP contribution is 2.66. The third kappa shape index (κ3) is 5.53. The summed E-state index contributed by atoms with van der Waals surface area (Å²) in [7, 11) is 0. The molecule has 1 nitrogen and oxygen atoms in total. The molecule has 0 amide bonds. The van der Waals surface area contributed by atoms with Crippen molar-refractivity contribution in [2.24, 2.45) is 0 Å². The molecule has 1 heteroatoms. The van der Waals surface area contributed by atoms with Crippen LogP contribution in [-0.4, -0.2) is 0 Å². The van der Waals surface area contributed by atoms with Gasteiger partial charge in [-0.25, -0.2) is 0 Å². The Morgan fingerprint density at radius 1 is 0.260 bits per heavy atom. The van der Waals surface area contributed by atoms with Crippen molar-refractivity contribution in [2.45, 2.75) is 37.0 Å². The Labute approximate surface area is 449 Å². The number of benzene rings is 13. The van der Waals surface area contributed by atoms with Crippen LogP contribution in [-0.2, 0) is 16.2 Å². The van der Waals surface area contributed by atoms with E-state index >= 15 is 0 Å². The topological polar surface area (TPSA) is 3.24 Å². The molecular formula is C76H51N. The minimum atomic E-state index is -0.461. The van der Waals surface area contributed by atoms with Gasteiger partial charge in [0.25, 0.3) is 0 Å². The van der Waals surface area contributed by atoms with E-state index in [0.29, 0.717) is 0 Å². The van der Waals surface area contributed by atoms with Crippen LogP contribution in [0.5, 0.6) is 0 Å². The van der Waals surface area contributed by atoms with Crippen LogP contribution in [0.25, 0.3) is 87.6 Å². The summed E-state index contributed by atoms with van der Waals surface area (Å²) in [4.78, 5) is 2.49. The predicted octanol–water partition coefficient (Wildman–Crippen LogP) is 19.8. The first-order chi connectivity index (χ1) is 37.8. The van der Waals surface area contributed by atoms with Crippen LogP contribution in [0.1, 0.15) is 70.8 Å². The van der Waals surface area contributed by atoms with Gasteiger partial charge < -0.3 is 4.90 Å². The van der Waals surface area contributed by atoms with Gasteiger partial charge in [0, 0.05) is 17.1 Å². The first-order valence-corrected chi connectivity index (χ1v) is 27.3. The van der Waals surface area contributed by atoms with Crippen molar-refractivity contribution >= 4 is 60.2 Å². The minimum absolute atomic E-state index is 0.0166. The lowest BCUT2D eigenvalue weighted by Gasteiger charge is -2.31. The molecule has 2 spiro atoms. The molecule has 0 radical (unpaired) electrons. The molecule has 4 aliphatic rings. The van der Waals surface area contributed by atoms with Crippen molar-refractivity contribution < 1.29 is 0 Å². The Morgan fingerprint density at radius 3 is 1.04 bits per heavy atom. The van der Waals surface area contributed by atoms with Gasteiger partial charge in [-0.3, -0.25) is 0 Å². The molecule has 13 aromatic carbocycles. The van der Waals surface area contributed by atoms with Gasteiger partial charge in [0.15, 0.2) is 0 Å². The second kappa shape index (κ2) is 15.2. The van der Waals surface area contributed by atoms with E-state index in [2.05, 4.69) is 280 Å². The number of anilines is 3. The fourth-order valence-electron chi connectivity index (χ4n) is 15.1. The predicted molar refractivity (Wildman–Crippen MR) is 322 cm³/mol. The van der Waals surface area contributed by atoms with Crippen molar-refractivity contribution in [3.63, 3.8) is 0 Å². The zero-order valence-electron chi connectivity index (χ0n) is 43.2. The molecule has 0 aliphatic heterocycles. The maximum Gasteiger partial charge on any atom is 0.0725 e. The monoisotopic (exact) mass is 977 g/mol. The zero-order chi connectivity index (χ0) is 50.9. The standard InChI is InChI=1S/C76H51N/c1-74(2,3)52-32-36-53(37-33-52)77(54-34-28-48-42-62-70(44-50(48)40-54)75(68-38-30-46-16-4-6-18-56(46)72(62)68)64-24-12-8-20-58(64)59-21-9-13-25-65(59)75)55-35-29-49-43-63-71(45-51(49)41-55)76(69-39-31-47-17-5-7-19-57(47)73(63)69)66-26-14-10-22-60(66)61-23-11-15-27-67(61)76/h4-45H,1-3H3. The molecular weight excluding hydrogens is 927 g/mol. The van der Waals surface area contributed by atoms with Gasteiger partial charge in [-0.2, -0.15) is 0 Å². The number of nitrogens with zero attached hydrogens (tertiary/aromatic N) is 1. The normalized spacial score (nSPS) is 14.4. The molecule has 0 unspecified atom stereocenters. The van der Waals surface area contributed by atoms with Gasteiger partial charge in [-0.15, -0.1) is 0 Å². The molecule has 0 fully saturated rings. The van der Waals surface area contributed by atoms with E-state index in [1.165, 1.54) is 138 Å². The molecule has 0 saturated carbocycles. The molecule has 13 aromatic rings. The molecule has 0 bridgehead atoms. The maximum atomic E-state index is 2.55. The molecule has 0 saturated heterocycles. The molecule has 77 heavy (non-hydrogen) atoms. The van der Waals surface area contributed by atoms with Crippen LogP contribution in [0.2, 0.25) is 0 Å². The summed E-state index contributed by atoms with van der Waals surface area (Å²) < 4.78 is 0. The summed E-state index contributed by atoms with van der Waals surface area (Å²) in [6.07, 6.45) is 0. The van der Waals surface area contributed by atoms with Gasteiger partial charge >= 0.3 is 0 Å². The largest absolute Gasteiger partial charge is 0.310 e. The average Bonchev–Trinajstić information content (AvgIpc) is 3.96. The van der Waals surface area contributed by atoms with Crippen LogP contribution in [0.4, 0.5) is 17.1 Å². The van der Waals surface area contributed by atoms with Gasteiger partial charge in [0.1, 0.15) is 0 Å². The van der Waals surface area contributed by atoms with Crippen molar-refractivity contribution in [2.75, 3.05) is 4.90 Å². The summed E-state index contributed by atoms with van der Waals surface area (Å²) in [6.45, 7) is 6.90. The number of fused-ring (bicyclic) bond motifs is 26. The Balaban J connectivity index is 0.898. The summed E-state index contributed by atoms with van der Waals surface area (Å²) >= 11 is 0. The fourth-order valence-corrected chi connectivity index (χ4v) is 15.1. The van der Waals surface area contributed by atoms with E-state index in [0.717, 1.165) is 17.1 Å². The summed E-state index contributed by atoms with van der Waals surface area (Å²) in [5.41, 5.74) is 25.3. The van der Waals surface area contributed by atoms with E-state index in [1.807, 2.05) is 0 Å². The third-order valence-electron chi connectivity index (χ3n) is 18.3. The first kappa shape index (κ1) is 43.0. The molecule has 0 aromatic heterocycles. The Hall–Kier alpha value is -9.30. The molecule has 0 heterocycles. The fraction of sp³-hybridized carbons (Fsp3) is 0.0789. The first-order valence-electron chi connectivity index (χ1n) is 27.3. The van der Waals surface area contributed by atoms with Gasteiger partial charge in [0.2, 0.25) is 0 Å². The van der Waals surface area contributed by atoms with E-state index in [9.17, 15) is 0 Å². The zero-order valence-corrected chi connectivity index (χ0v) is 43.2. The third-order valence-corrected chi connectivity index (χ3v) is 18.3. The lowest BCUT2D eigenvalue weighted by molar-refractivity contribution is 0.590. The van der Waals surface area contributed by atoms with Crippen LogP contribution >= 0.6 is 0 Å². The van der Waals surface area contributed by atoms with Gasteiger partial charge in [-0.1, -0.05) is 215 Å². The lowest BCUT2D eigenvalue weighted by atomic mass is 9.70. The van der Waals surface area contributed by atoms with Crippen molar-refractivity contribution in [1.82, 2.24) is 0 Å². The number of hydrogen-bond donors (Lipinski definition) is 0. The average molecular weight is 978 g/mol. The van der Waals surface area contributed by atoms with Gasteiger partial charge in [0.05, 0.1) is 10.8 Å². The number of rotatable bonds is 3. The summed E-state index contributed by atoms with van der Waals surface area (Å²) in [5, 5.41) is 10.0. The highest BCUT2D eigenvalue weighted by molar-refractivity contribution is 6.11. The number of hydrogen-bond acceptors (Lipinski definition) is 1. The highest BCUT2D eigenvalue weighted by Gasteiger charge is 2.53. The second-order valence-electron chi connectivity index (χ2n) is 23.1. The van der Waals surface area contributed by atoms with E-state index in [4.69, 9.17) is 0 Å². The maximum absolute atomic E-state index is 2.55. The van der Waals surface area contributed by atoms with E-state index in [1.54, 1.807) is 0 Å². The SMILES string of the molecule is CC(C)(C)c1ccc(N(c2ccc3cc4c(cc3c2)C2(c3ccccc3-c3ccccc32)c2ccc3ccccc3c2-4)c2ccc3cc4c(cc3c2)C2(c3ccccc3-c3ccccc32)c2ccc3ccccc3c2-4)cc1. The molecule has 17 rings (SSSR count). The van der Waals surface area contributed by atoms with Crippen LogP contribution in [0.15, 0.2) is 255 Å².